The molecule has 1 unspecified atom stereocenters. The molecular weight excluding hydrogens is 798 g/mol. The number of carbonyl (C=O) groups is 2. The number of aliphatic hydroxyl groups is 2. The first-order valence-corrected chi connectivity index (χ1v) is 21.4. The Morgan fingerprint density at radius 2 is 1.44 bits per heavy atom. The Morgan fingerprint density at radius 3 is 1.93 bits per heavy atom. The predicted molar refractivity (Wildman–Crippen MR) is 230 cm³/mol. The minimum atomic E-state index is -2.14. The smallest absolute Gasteiger partial charge is 0.352 e. The molecule has 0 aromatic heterocycles. The number of ether oxygens (including phenoxy) is 3. The molecule has 1 fully saturated rings. The third-order valence-electron chi connectivity index (χ3n) is 10.8. The van der Waals surface area contributed by atoms with E-state index in [1.807, 2.05) is 111 Å². The van der Waals surface area contributed by atoms with Crippen LogP contribution in [0.2, 0.25) is 0 Å². The fourth-order valence-electron chi connectivity index (χ4n) is 7.95. The summed E-state index contributed by atoms with van der Waals surface area (Å²) in [6.45, 7) is 7.31. The lowest BCUT2D eigenvalue weighted by Gasteiger charge is -2.48. The third kappa shape index (κ3) is 9.59. The molecule has 15 heteroatoms. The summed E-state index contributed by atoms with van der Waals surface area (Å²) < 4.78 is 32.7. The van der Waals surface area contributed by atoms with E-state index >= 15 is 4.79 Å². The van der Waals surface area contributed by atoms with Crippen LogP contribution in [0.15, 0.2) is 121 Å². The van der Waals surface area contributed by atoms with E-state index in [4.69, 9.17) is 23.4 Å². The van der Waals surface area contributed by atoms with Crippen LogP contribution >= 0.6 is 8.53 Å². The molecule has 0 saturated carbocycles. The Hall–Kier alpha value is -5.36. The highest BCUT2D eigenvalue weighted by molar-refractivity contribution is 7.44. The van der Waals surface area contributed by atoms with Crippen molar-refractivity contribution in [2.75, 3.05) is 34.0 Å². The van der Waals surface area contributed by atoms with Crippen LogP contribution in [0.25, 0.3) is 0 Å². The van der Waals surface area contributed by atoms with E-state index in [1.165, 1.54) is 4.90 Å². The van der Waals surface area contributed by atoms with Crippen molar-refractivity contribution in [3.05, 3.63) is 143 Å². The van der Waals surface area contributed by atoms with Gasteiger partial charge in [-0.2, -0.15) is 9.89 Å². The van der Waals surface area contributed by atoms with Crippen LogP contribution < -0.4 is 14.8 Å². The van der Waals surface area contributed by atoms with Crippen LogP contribution in [0.4, 0.5) is 4.79 Å². The molecule has 2 aliphatic heterocycles. The standard InChI is InChI=1S/C46H54N5O9P/c1-31(2)51(32(3)4)61(58-27-13-26-47)60-50-43(48-44(54)33-14-9-7-10-15-33)39(29-49(45(50)55)42-28-40(53)41(30-52)59-42)46(34-16-11-8-12-17-34,35-18-22-37(56-5)23-19-35)36-20-24-38(57-6)25-21-36/h7-12,14-25,31-32,40-42,52-53H,13,27-30H2,1-6H3,(H,48,54)/t40-,41+,42+,61?/m0/s1. The molecule has 0 bridgehead atoms. The summed E-state index contributed by atoms with van der Waals surface area (Å²) in [6.07, 6.45) is -3.00. The molecule has 4 atom stereocenters. The number of hydrogen-bond donors (Lipinski definition) is 3. The number of methoxy groups -OCH3 is 2. The Balaban J connectivity index is 1.73. The summed E-state index contributed by atoms with van der Waals surface area (Å²) >= 11 is 0. The predicted octanol–water partition coefficient (Wildman–Crippen LogP) is 7.09. The monoisotopic (exact) mass is 851 g/mol. The van der Waals surface area contributed by atoms with Crippen molar-refractivity contribution in [2.45, 2.75) is 76.5 Å². The Labute approximate surface area is 358 Å². The van der Waals surface area contributed by atoms with Crippen molar-refractivity contribution < 1.29 is 43.2 Å². The van der Waals surface area contributed by atoms with Crippen molar-refractivity contribution in [3.63, 3.8) is 0 Å². The van der Waals surface area contributed by atoms with Gasteiger partial charge >= 0.3 is 6.03 Å². The number of amides is 3. The van der Waals surface area contributed by atoms with E-state index in [9.17, 15) is 20.3 Å². The first-order chi connectivity index (χ1) is 29.5. The minimum Gasteiger partial charge on any atom is -0.497 e. The van der Waals surface area contributed by atoms with E-state index in [0.717, 1.165) is 21.8 Å². The quantitative estimate of drug-likeness (QED) is 0.0532. The van der Waals surface area contributed by atoms with E-state index in [2.05, 4.69) is 11.4 Å². The van der Waals surface area contributed by atoms with Gasteiger partial charge in [-0.3, -0.25) is 9.69 Å². The van der Waals surface area contributed by atoms with Crippen LogP contribution in [-0.4, -0.2) is 101 Å². The lowest BCUT2D eigenvalue weighted by molar-refractivity contribution is -0.0885. The fourth-order valence-corrected chi connectivity index (χ4v) is 9.51. The average Bonchev–Trinajstić information content (AvgIpc) is 3.66. The first-order valence-electron chi connectivity index (χ1n) is 20.2. The van der Waals surface area contributed by atoms with Gasteiger partial charge in [0.05, 0.1) is 58.0 Å². The van der Waals surface area contributed by atoms with Gasteiger partial charge in [0.15, 0.2) is 0 Å². The second kappa shape index (κ2) is 20.5. The van der Waals surface area contributed by atoms with Crippen LogP contribution in [-0.2, 0) is 19.3 Å². The van der Waals surface area contributed by atoms with E-state index in [-0.39, 0.29) is 43.9 Å². The van der Waals surface area contributed by atoms with Crippen LogP contribution in [0.5, 0.6) is 11.5 Å². The third-order valence-corrected chi connectivity index (χ3v) is 12.8. The summed E-state index contributed by atoms with van der Waals surface area (Å²) in [7, 11) is 1.04. The number of nitrogens with one attached hydrogen (secondary N) is 1. The van der Waals surface area contributed by atoms with Crippen molar-refractivity contribution in [1.82, 2.24) is 20.0 Å². The molecule has 3 amide bonds. The van der Waals surface area contributed by atoms with E-state index in [0.29, 0.717) is 22.6 Å². The average molecular weight is 852 g/mol. The molecule has 0 aliphatic carbocycles. The highest BCUT2D eigenvalue weighted by atomic mass is 31.2. The SMILES string of the molecule is COc1ccc(C(C2=C(NC(=O)c3ccccc3)N(OP(OCCC#N)N(C(C)C)C(C)C)C(=O)N([C@H]3C[C@H](O)[C@@H](CO)O3)C2)(c2ccccc2)c2ccc(OC)cc2)cc1. The highest BCUT2D eigenvalue weighted by Crippen LogP contribution is 2.52. The van der Waals surface area contributed by atoms with Gasteiger partial charge in [-0.25, -0.2) is 9.46 Å². The molecule has 3 N–H and O–H groups in total. The molecule has 2 aliphatic rings. The van der Waals surface area contributed by atoms with Crippen molar-refractivity contribution in [2.24, 2.45) is 0 Å². The number of nitriles is 1. The zero-order valence-electron chi connectivity index (χ0n) is 35.3. The van der Waals surface area contributed by atoms with Crippen molar-refractivity contribution >= 4 is 20.5 Å². The maximum atomic E-state index is 15.4. The Bertz CT molecular complexity index is 2090. The van der Waals surface area contributed by atoms with Crippen LogP contribution in [0.1, 0.15) is 67.6 Å². The van der Waals surface area contributed by atoms with Gasteiger partial charge in [-0.05, 0) is 80.8 Å². The zero-order valence-corrected chi connectivity index (χ0v) is 36.2. The van der Waals surface area contributed by atoms with Crippen molar-refractivity contribution in [1.29, 1.82) is 5.26 Å². The molecule has 14 nitrogen and oxygen atoms in total. The number of rotatable bonds is 18. The first kappa shape index (κ1) is 45.2. The Kier molecular flexibility index (Phi) is 15.2. The lowest BCUT2D eigenvalue weighted by Crippen LogP contribution is -2.58. The molecule has 2 heterocycles. The normalized spacial score (nSPS) is 18.8. The summed E-state index contributed by atoms with van der Waals surface area (Å²) in [4.78, 5) is 31.4. The molecule has 1 saturated heterocycles. The van der Waals surface area contributed by atoms with Crippen LogP contribution in [0.3, 0.4) is 0 Å². The number of aliphatic hydroxyl groups excluding tert-OH is 2. The number of benzene rings is 4. The molecule has 4 aromatic rings. The molecule has 0 spiro atoms. The number of hydrogen-bond acceptors (Lipinski definition) is 11. The van der Waals surface area contributed by atoms with Crippen molar-refractivity contribution in [3.8, 4) is 17.6 Å². The molecule has 6 rings (SSSR count). The van der Waals surface area contributed by atoms with Gasteiger partial charge in [0.1, 0.15) is 29.7 Å². The highest BCUT2D eigenvalue weighted by Gasteiger charge is 2.52. The van der Waals surface area contributed by atoms with Gasteiger partial charge in [0, 0.05) is 29.6 Å². The molecule has 4 aromatic carbocycles. The molecular formula is C46H54N5O9P. The second-order valence-corrected chi connectivity index (χ2v) is 16.5. The number of carbonyl (C=O) groups excluding carboxylic acids is 2. The topological polar surface area (TPSA) is 166 Å². The second-order valence-electron chi connectivity index (χ2n) is 15.2. The summed E-state index contributed by atoms with van der Waals surface area (Å²) in [5.74, 6) is 0.750. The maximum absolute atomic E-state index is 15.4. The number of hydroxylamine groups is 2. The molecule has 322 valence electrons. The fraction of sp³-hybridized carbons (Fsp3) is 0.370. The van der Waals surface area contributed by atoms with Gasteiger partial charge in [-0.15, -0.1) is 5.06 Å². The largest absolute Gasteiger partial charge is 0.497 e. The number of urea groups is 1. The van der Waals surface area contributed by atoms with E-state index < -0.39 is 50.9 Å². The van der Waals surface area contributed by atoms with Gasteiger partial charge < -0.3 is 34.3 Å². The minimum absolute atomic E-state index is 0.00786. The maximum Gasteiger partial charge on any atom is 0.352 e. The summed E-state index contributed by atoms with van der Waals surface area (Å²) in [5.41, 5.74) is 1.80. The van der Waals surface area contributed by atoms with E-state index in [1.54, 1.807) is 44.6 Å². The summed E-state index contributed by atoms with van der Waals surface area (Å²) in [5, 5.41) is 34.9. The van der Waals surface area contributed by atoms with Crippen LogP contribution in [0, 0.1) is 11.3 Å². The summed E-state index contributed by atoms with van der Waals surface area (Å²) in [6, 6.07) is 34.7. The molecule has 0 radical (unpaired) electrons. The van der Waals surface area contributed by atoms with Gasteiger partial charge in [0.25, 0.3) is 14.4 Å². The Morgan fingerprint density at radius 1 is 0.902 bits per heavy atom. The molecule has 61 heavy (non-hydrogen) atoms. The lowest BCUT2D eigenvalue weighted by atomic mass is 9.64. The number of nitrogens with zero attached hydrogens (tertiary/aromatic N) is 4. The van der Waals surface area contributed by atoms with Gasteiger partial charge in [-0.1, -0.05) is 72.8 Å². The van der Waals surface area contributed by atoms with Gasteiger partial charge in [0.2, 0.25) is 0 Å². The zero-order chi connectivity index (χ0) is 43.7.